The van der Waals surface area contributed by atoms with Crippen LogP contribution in [-0.4, -0.2) is 25.8 Å². The van der Waals surface area contributed by atoms with Crippen molar-refractivity contribution in [3.8, 4) is 0 Å². The van der Waals surface area contributed by atoms with Crippen LogP contribution in [0.5, 0.6) is 0 Å². The number of rotatable bonds is 4. The van der Waals surface area contributed by atoms with Crippen LogP contribution in [0, 0.1) is 0 Å². The fourth-order valence-corrected chi connectivity index (χ4v) is 1.05. The Morgan fingerprint density at radius 1 is 1.69 bits per heavy atom. The van der Waals surface area contributed by atoms with Crippen molar-refractivity contribution in [2.45, 2.75) is 19.3 Å². The molecule has 6 heteroatoms. The minimum atomic E-state index is -0.796. The lowest BCUT2D eigenvalue weighted by Gasteiger charge is -1.96. The molecule has 1 aromatic rings. The van der Waals surface area contributed by atoms with Crippen molar-refractivity contribution in [3.63, 3.8) is 0 Å². The second-order valence-electron chi connectivity index (χ2n) is 2.76. The fraction of sp³-hybridized carbons (Fsp3) is 0.571. The zero-order valence-corrected chi connectivity index (χ0v) is 7.40. The molecule has 72 valence electrons. The summed E-state index contributed by atoms with van der Waals surface area (Å²) in [5.41, 5.74) is 5.35. The minimum absolute atomic E-state index is 0.146. The van der Waals surface area contributed by atoms with Gasteiger partial charge in [-0.2, -0.15) is 4.98 Å². The maximum Gasteiger partial charge on any atom is 0.303 e. The van der Waals surface area contributed by atoms with Gasteiger partial charge >= 0.3 is 5.97 Å². The van der Waals surface area contributed by atoms with Gasteiger partial charge in [0.05, 0.1) is 0 Å². The van der Waals surface area contributed by atoms with Gasteiger partial charge in [-0.15, -0.1) is 5.10 Å². The van der Waals surface area contributed by atoms with Gasteiger partial charge in [0, 0.05) is 19.9 Å². The highest BCUT2D eigenvalue weighted by Gasteiger charge is 2.05. The van der Waals surface area contributed by atoms with Crippen LogP contribution in [-0.2, 0) is 18.3 Å². The molecule has 0 amide bonds. The van der Waals surface area contributed by atoms with E-state index in [0.717, 1.165) is 5.82 Å². The van der Waals surface area contributed by atoms with Gasteiger partial charge in [0.25, 0.3) is 0 Å². The van der Waals surface area contributed by atoms with E-state index in [1.54, 1.807) is 11.7 Å². The van der Waals surface area contributed by atoms with Crippen LogP contribution >= 0.6 is 0 Å². The molecule has 0 radical (unpaired) electrons. The molecule has 1 heterocycles. The van der Waals surface area contributed by atoms with Crippen molar-refractivity contribution in [1.29, 1.82) is 0 Å². The fourth-order valence-electron chi connectivity index (χ4n) is 1.05. The highest BCUT2D eigenvalue weighted by atomic mass is 16.4. The highest BCUT2D eigenvalue weighted by molar-refractivity contribution is 5.66. The molecule has 6 nitrogen and oxygen atoms in total. The van der Waals surface area contributed by atoms with E-state index in [-0.39, 0.29) is 12.4 Å². The molecule has 0 aliphatic rings. The van der Waals surface area contributed by atoms with Gasteiger partial charge in [0.15, 0.2) is 0 Å². The number of aryl methyl sites for hydroxylation is 2. The Hall–Kier alpha value is -1.59. The normalized spacial score (nSPS) is 10.2. The number of hydrogen-bond acceptors (Lipinski definition) is 4. The molecule has 0 atom stereocenters. The van der Waals surface area contributed by atoms with Gasteiger partial charge in [-0.1, -0.05) is 0 Å². The van der Waals surface area contributed by atoms with Gasteiger partial charge in [0.2, 0.25) is 5.95 Å². The standard InChI is InChI=1S/C7H12N4O2/c1-11-5(9-7(8)10-11)3-2-4-6(12)13/h2-4H2,1H3,(H2,8,10)(H,12,13). The number of nitrogens with zero attached hydrogens (tertiary/aromatic N) is 3. The van der Waals surface area contributed by atoms with Crippen LogP contribution in [0.4, 0.5) is 5.95 Å². The molecule has 0 aliphatic heterocycles. The highest BCUT2D eigenvalue weighted by Crippen LogP contribution is 2.03. The third-order valence-electron chi connectivity index (χ3n) is 1.66. The Morgan fingerprint density at radius 3 is 2.85 bits per heavy atom. The maximum absolute atomic E-state index is 10.2. The second-order valence-corrected chi connectivity index (χ2v) is 2.76. The van der Waals surface area contributed by atoms with Crippen molar-refractivity contribution in [2.75, 3.05) is 5.73 Å². The predicted octanol–water partition coefficient (Wildman–Crippen LogP) is -0.195. The quantitative estimate of drug-likeness (QED) is 0.676. The molecule has 0 spiro atoms. The van der Waals surface area contributed by atoms with Crippen LogP contribution in [0.3, 0.4) is 0 Å². The van der Waals surface area contributed by atoms with Gasteiger partial charge in [-0.3, -0.25) is 9.48 Å². The number of hydrogen-bond donors (Lipinski definition) is 2. The second kappa shape index (κ2) is 3.88. The number of aliphatic carboxylic acids is 1. The summed E-state index contributed by atoms with van der Waals surface area (Å²) < 4.78 is 1.57. The zero-order chi connectivity index (χ0) is 9.84. The Bertz CT molecular complexity index is 307. The van der Waals surface area contributed by atoms with Crippen molar-refractivity contribution in [3.05, 3.63) is 5.82 Å². The first-order valence-electron chi connectivity index (χ1n) is 3.97. The van der Waals surface area contributed by atoms with E-state index in [2.05, 4.69) is 10.1 Å². The van der Waals surface area contributed by atoms with Crippen molar-refractivity contribution < 1.29 is 9.90 Å². The van der Waals surface area contributed by atoms with Crippen LogP contribution in [0.15, 0.2) is 0 Å². The first-order chi connectivity index (χ1) is 6.09. The van der Waals surface area contributed by atoms with Crippen LogP contribution < -0.4 is 5.73 Å². The van der Waals surface area contributed by atoms with Crippen LogP contribution in [0.2, 0.25) is 0 Å². The Labute approximate surface area is 75.4 Å². The van der Waals surface area contributed by atoms with Gasteiger partial charge < -0.3 is 10.8 Å². The lowest BCUT2D eigenvalue weighted by molar-refractivity contribution is -0.137. The Kier molecular flexibility index (Phi) is 2.84. The lowest BCUT2D eigenvalue weighted by atomic mass is 10.2. The average Bonchev–Trinajstić information content (AvgIpc) is 2.29. The predicted molar refractivity (Wildman–Crippen MR) is 46.0 cm³/mol. The largest absolute Gasteiger partial charge is 0.481 e. The average molecular weight is 184 g/mol. The lowest BCUT2D eigenvalue weighted by Crippen LogP contribution is -2.02. The Morgan fingerprint density at radius 2 is 2.38 bits per heavy atom. The van der Waals surface area contributed by atoms with Gasteiger partial charge in [-0.25, -0.2) is 0 Å². The molecule has 1 aromatic heterocycles. The molecule has 0 saturated carbocycles. The maximum atomic E-state index is 10.2. The van der Waals surface area contributed by atoms with Crippen molar-refractivity contribution >= 4 is 11.9 Å². The molecular formula is C7H12N4O2. The number of carboxylic acid groups (broad SMARTS) is 1. The van der Waals surface area contributed by atoms with E-state index in [0.29, 0.717) is 12.8 Å². The molecule has 0 saturated heterocycles. The monoisotopic (exact) mass is 184 g/mol. The van der Waals surface area contributed by atoms with Crippen molar-refractivity contribution in [1.82, 2.24) is 14.8 Å². The van der Waals surface area contributed by atoms with Crippen molar-refractivity contribution in [2.24, 2.45) is 7.05 Å². The number of aromatic nitrogens is 3. The Balaban J connectivity index is 2.45. The first kappa shape index (κ1) is 9.50. The minimum Gasteiger partial charge on any atom is -0.481 e. The third kappa shape index (κ3) is 2.73. The molecule has 1 rings (SSSR count). The summed E-state index contributed by atoms with van der Waals surface area (Å²) in [4.78, 5) is 14.2. The van der Waals surface area contributed by atoms with Crippen LogP contribution in [0.25, 0.3) is 0 Å². The van der Waals surface area contributed by atoms with E-state index in [4.69, 9.17) is 10.8 Å². The molecule has 0 unspecified atom stereocenters. The molecule has 13 heavy (non-hydrogen) atoms. The number of carboxylic acids is 1. The number of anilines is 1. The van der Waals surface area contributed by atoms with E-state index in [1.807, 2.05) is 0 Å². The summed E-state index contributed by atoms with van der Waals surface area (Å²) >= 11 is 0. The zero-order valence-electron chi connectivity index (χ0n) is 7.40. The van der Waals surface area contributed by atoms with E-state index < -0.39 is 5.97 Å². The number of nitrogen functional groups attached to an aromatic ring is 1. The summed E-state index contributed by atoms with van der Waals surface area (Å²) in [5.74, 6) is 0.154. The third-order valence-corrected chi connectivity index (χ3v) is 1.66. The summed E-state index contributed by atoms with van der Waals surface area (Å²) in [6.07, 6.45) is 1.29. The molecule has 0 fully saturated rings. The molecular weight excluding hydrogens is 172 g/mol. The molecule has 3 N–H and O–H groups in total. The summed E-state index contributed by atoms with van der Waals surface area (Å²) in [5, 5.41) is 12.2. The van der Waals surface area contributed by atoms with Gasteiger partial charge in [-0.05, 0) is 6.42 Å². The topological polar surface area (TPSA) is 94.0 Å². The number of nitrogens with two attached hydrogens (primary N) is 1. The molecule has 0 bridgehead atoms. The number of carbonyl (C=O) groups is 1. The summed E-state index contributed by atoms with van der Waals surface area (Å²) in [7, 11) is 1.74. The molecule has 0 aliphatic carbocycles. The van der Waals surface area contributed by atoms with Gasteiger partial charge in [0.1, 0.15) is 5.82 Å². The first-order valence-corrected chi connectivity index (χ1v) is 3.97. The summed E-state index contributed by atoms with van der Waals surface area (Å²) in [6, 6.07) is 0. The van der Waals surface area contributed by atoms with E-state index >= 15 is 0 Å². The van der Waals surface area contributed by atoms with E-state index in [1.165, 1.54) is 0 Å². The summed E-state index contributed by atoms with van der Waals surface area (Å²) in [6.45, 7) is 0. The smallest absolute Gasteiger partial charge is 0.303 e. The van der Waals surface area contributed by atoms with Crippen LogP contribution in [0.1, 0.15) is 18.7 Å². The van der Waals surface area contributed by atoms with E-state index in [9.17, 15) is 4.79 Å². The SMILES string of the molecule is Cn1nc(N)nc1CCCC(=O)O. The molecule has 0 aromatic carbocycles.